The molecular weight excluding hydrogens is 270 g/mol. The SMILES string of the molecule is CC(C)C(CCNC(=O)CCC1CCCO1)CCC(=O)O. The molecule has 1 aliphatic heterocycles. The van der Waals surface area contributed by atoms with Crippen LogP contribution in [-0.2, 0) is 14.3 Å². The third-order valence-corrected chi connectivity index (χ3v) is 4.23. The highest BCUT2D eigenvalue weighted by atomic mass is 16.5. The number of carboxylic acids is 1. The van der Waals surface area contributed by atoms with Crippen molar-refractivity contribution in [1.29, 1.82) is 0 Å². The van der Waals surface area contributed by atoms with Crippen LogP contribution in [0.25, 0.3) is 0 Å². The lowest BCUT2D eigenvalue weighted by Gasteiger charge is -2.20. The first-order chi connectivity index (χ1) is 9.99. The van der Waals surface area contributed by atoms with Crippen LogP contribution in [0, 0.1) is 11.8 Å². The van der Waals surface area contributed by atoms with Gasteiger partial charge in [0.1, 0.15) is 0 Å². The number of aliphatic carboxylic acids is 1. The maximum Gasteiger partial charge on any atom is 0.303 e. The van der Waals surface area contributed by atoms with E-state index in [1.165, 1.54) is 0 Å². The van der Waals surface area contributed by atoms with Crippen LogP contribution in [0.4, 0.5) is 0 Å². The smallest absolute Gasteiger partial charge is 0.303 e. The van der Waals surface area contributed by atoms with Gasteiger partial charge < -0.3 is 15.2 Å². The highest BCUT2D eigenvalue weighted by Gasteiger charge is 2.17. The summed E-state index contributed by atoms with van der Waals surface area (Å²) in [6.07, 6.45) is 5.48. The molecule has 5 nitrogen and oxygen atoms in total. The van der Waals surface area contributed by atoms with Gasteiger partial charge in [-0.05, 0) is 43.9 Å². The number of ether oxygens (including phenoxy) is 1. The first-order valence-electron chi connectivity index (χ1n) is 8.09. The summed E-state index contributed by atoms with van der Waals surface area (Å²) < 4.78 is 5.50. The molecule has 2 N–H and O–H groups in total. The van der Waals surface area contributed by atoms with Crippen LogP contribution in [0.2, 0.25) is 0 Å². The minimum absolute atomic E-state index is 0.0752. The fraction of sp³-hybridized carbons (Fsp3) is 0.875. The number of carboxylic acid groups (broad SMARTS) is 1. The maximum absolute atomic E-state index is 11.8. The third kappa shape index (κ3) is 8.05. The molecule has 0 aromatic carbocycles. The van der Waals surface area contributed by atoms with Gasteiger partial charge in [-0.2, -0.15) is 0 Å². The van der Waals surface area contributed by atoms with E-state index >= 15 is 0 Å². The molecule has 1 fully saturated rings. The largest absolute Gasteiger partial charge is 0.481 e. The highest BCUT2D eigenvalue weighted by Crippen LogP contribution is 2.20. The van der Waals surface area contributed by atoms with Gasteiger partial charge in [0.25, 0.3) is 0 Å². The first-order valence-corrected chi connectivity index (χ1v) is 8.09. The molecule has 5 heteroatoms. The van der Waals surface area contributed by atoms with E-state index in [1.54, 1.807) is 0 Å². The van der Waals surface area contributed by atoms with E-state index in [2.05, 4.69) is 19.2 Å². The Morgan fingerprint density at radius 2 is 2.05 bits per heavy atom. The number of nitrogens with one attached hydrogen (secondary N) is 1. The molecule has 1 heterocycles. The molecule has 0 aromatic heterocycles. The van der Waals surface area contributed by atoms with E-state index < -0.39 is 5.97 Å². The van der Waals surface area contributed by atoms with Crippen LogP contribution in [0.5, 0.6) is 0 Å². The summed E-state index contributed by atoms with van der Waals surface area (Å²) in [5.74, 6) is 0.111. The fourth-order valence-corrected chi connectivity index (χ4v) is 2.77. The zero-order valence-electron chi connectivity index (χ0n) is 13.3. The zero-order valence-corrected chi connectivity index (χ0v) is 13.3. The van der Waals surface area contributed by atoms with E-state index in [4.69, 9.17) is 9.84 Å². The van der Waals surface area contributed by atoms with Gasteiger partial charge in [0.05, 0.1) is 6.10 Å². The molecule has 0 aliphatic carbocycles. The number of carbonyl (C=O) groups is 2. The van der Waals surface area contributed by atoms with Gasteiger partial charge in [-0.15, -0.1) is 0 Å². The molecule has 0 radical (unpaired) electrons. The lowest BCUT2D eigenvalue weighted by atomic mass is 9.88. The Morgan fingerprint density at radius 3 is 2.62 bits per heavy atom. The van der Waals surface area contributed by atoms with E-state index in [0.717, 1.165) is 32.3 Å². The molecule has 0 bridgehead atoms. The van der Waals surface area contributed by atoms with Gasteiger partial charge in [-0.1, -0.05) is 13.8 Å². The number of hydrogen-bond donors (Lipinski definition) is 2. The van der Waals surface area contributed by atoms with Gasteiger partial charge in [-0.3, -0.25) is 9.59 Å². The lowest BCUT2D eigenvalue weighted by molar-refractivity contribution is -0.137. The highest BCUT2D eigenvalue weighted by molar-refractivity contribution is 5.75. The Kier molecular flexibility index (Phi) is 8.35. The monoisotopic (exact) mass is 299 g/mol. The number of hydrogen-bond acceptors (Lipinski definition) is 3. The molecule has 2 unspecified atom stereocenters. The molecule has 1 amide bonds. The van der Waals surface area contributed by atoms with Crippen molar-refractivity contribution < 1.29 is 19.4 Å². The fourth-order valence-electron chi connectivity index (χ4n) is 2.77. The average molecular weight is 299 g/mol. The summed E-state index contributed by atoms with van der Waals surface area (Å²) in [5.41, 5.74) is 0. The van der Waals surface area contributed by atoms with Crippen molar-refractivity contribution in [2.45, 2.75) is 64.9 Å². The van der Waals surface area contributed by atoms with Crippen molar-refractivity contribution in [2.24, 2.45) is 11.8 Å². The predicted octanol–water partition coefficient (Wildman–Crippen LogP) is 2.59. The Bertz CT molecular complexity index is 324. The molecule has 122 valence electrons. The second kappa shape index (κ2) is 9.77. The number of carbonyl (C=O) groups excluding carboxylic acids is 1. The van der Waals surface area contributed by atoms with Crippen molar-refractivity contribution in [3.63, 3.8) is 0 Å². The van der Waals surface area contributed by atoms with Crippen molar-refractivity contribution in [3.8, 4) is 0 Å². The number of amides is 1. The molecule has 1 aliphatic rings. The molecule has 1 rings (SSSR count). The quantitative estimate of drug-likeness (QED) is 0.650. The van der Waals surface area contributed by atoms with Crippen molar-refractivity contribution >= 4 is 11.9 Å². The van der Waals surface area contributed by atoms with Gasteiger partial charge >= 0.3 is 5.97 Å². The topological polar surface area (TPSA) is 75.6 Å². The summed E-state index contributed by atoms with van der Waals surface area (Å²) in [4.78, 5) is 22.4. The Balaban J connectivity index is 2.13. The maximum atomic E-state index is 11.8. The minimum Gasteiger partial charge on any atom is -0.481 e. The van der Waals surface area contributed by atoms with Crippen molar-refractivity contribution in [3.05, 3.63) is 0 Å². The Morgan fingerprint density at radius 1 is 1.29 bits per heavy atom. The molecule has 1 saturated heterocycles. The van der Waals surface area contributed by atoms with E-state index in [0.29, 0.717) is 31.2 Å². The van der Waals surface area contributed by atoms with Crippen molar-refractivity contribution in [1.82, 2.24) is 5.32 Å². The van der Waals surface area contributed by atoms with Gasteiger partial charge in [0.15, 0.2) is 0 Å². The minimum atomic E-state index is -0.749. The summed E-state index contributed by atoms with van der Waals surface area (Å²) in [7, 11) is 0. The first kappa shape index (κ1) is 18.0. The summed E-state index contributed by atoms with van der Waals surface area (Å²) in [6, 6.07) is 0. The molecule has 0 spiro atoms. The van der Waals surface area contributed by atoms with Crippen LogP contribution in [0.1, 0.15) is 58.8 Å². The van der Waals surface area contributed by atoms with Gasteiger partial charge in [0.2, 0.25) is 5.91 Å². The summed E-state index contributed by atoms with van der Waals surface area (Å²) in [6.45, 7) is 5.66. The third-order valence-electron chi connectivity index (χ3n) is 4.23. The van der Waals surface area contributed by atoms with Crippen LogP contribution in [0.3, 0.4) is 0 Å². The second-order valence-electron chi connectivity index (χ2n) is 6.25. The zero-order chi connectivity index (χ0) is 15.7. The lowest BCUT2D eigenvalue weighted by Crippen LogP contribution is -2.27. The van der Waals surface area contributed by atoms with E-state index in [1.807, 2.05) is 0 Å². The summed E-state index contributed by atoms with van der Waals surface area (Å²) >= 11 is 0. The summed E-state index contributed by atoms with van der Waals surface area (Å²) in [5, 5.41) is 11.7. The standard InChI is InChI=1S/C16H29NO4/c1-12(2)13(5-8-16(19)20)9-10-17-15(18)7-6-14-4-3-11-21-14/h12-14H,3-11H2,1-2H3,(H,17,18)(H,19,20). The average Bonchev–Trinajstić information content (AvgIpc) is 2.92. The molecule has 21 heavy (non-hydrogen) atoms. The Labute approximate surface area is 127 Å². The van der Waals surface area contributed by atoms with Crippen LogP contribution >= 0.6 is 0 Å². The van der Waals surface area contributed by atoms with Crippen LogP contribution in [-0.4, -0.2) is 36.2 Å². The molecular formula is C16H29NO4. The molecule has 2 atom stereocenters. The van der Waals surface area contributed by atoms with E-state index in [-0.39, 0.29) is 18.4 Å². The normalized spacial score (nSPS) is 19.7. The van der Waals surface area contributed by atoms with Crippen molar-refractivity contribution in [2.75, 3.05) is 13.2 Å². The second-order valence-corrected chi connectivity index (χ2v) is 6.25. The predicted molar refractivity (Wildman–Crippen MR) is 81.0 cm³/mol. The number of rotatable bonds is 10. The Hall–Kier alpha value is -1.10. The van der Waals surface area contributed by atoms with Crippen LogP contribution in [0.15, 0.2) is 0 Å². The van der Waals surface area contributed by atoms with Gasteiger partial charge in [-0.25, -0.2) is 0 Å². The molecule has 0 saturated carbocycles. The van der Waals surface area contributed by atoms with E-state index in [9.17, 15) is 9.59 Å². The van der Waals surface area contributed by atoms with Crippen LogP contribution < -0.4 is 5.32 Å². The molecule has 0 aromatic rings. The van der Waals surface area contributed by atoms with Gasteiger partial charge in [0, 0.05) is 26.0 Å².